The zero-order chi connectivity index (χ0) is 16.7. The molecular formula is C19H20N4O. The summed E-state index contributed by atoms with van der Waals surface area (Å²) in [6, 6.07) is 8.32. The van der Waals surface area contributed by atoms with Crippen LogP contribution in [0.3, 0.4) is 0 Å². The van der Waals surface area contributed by atoms with E-state index in [2.05, 4.69) is 48.0 Å². The minimum Gasteiger partial charge on any atom is -0.439 e. The van der Waals surface area contributed by atoms with Gasteiger partial charge in [-0.3, -0.25) is 0 Å². The highest BCUT2D eigenvalue weighted by Gasteiger charge is 2.14. The Labute approximate surface area is 140 Å². The molecule has 1 unspecified atom stereocenters. The smallest absolute Gasteiger partial charge is 0.198 e. The molecule has 0 saturated heterocycles. The number of pyridine rings is 2. The van der Waals surface area contributed by atoms with Crippen molar-refractivity contribution in [2.45, 2.75) is 39.0 Å². The first kappa shape index (κ1) is 14.9. The fraction of sp³-hybridized carbons (Fsp3) is 0.316. The average molecular weight is 320 g/mol. The number of nitrogens with zero attached hydrogens (tertiary/aromatic N) is 4. The maximum atomic E-state index is 5.93. The SMILES string of the molecule is CC(C)c1cnc2nc(CC(C)c3ccn4nccc4c3)oc2c1. The van der Waals surface area contributed by atoms with E-state index in [0.717, 1.165) is 23.4 Å². The lowest BCUT2D eigenvalue weighted by molar-refractivity contribution is 0.507. The Balaban J connectivity index is 1.60. The Hall–Kier alpha value is -2.69. The number of rotatable bonds is 4. The zero-order valence-electron chi connectivity index (χ0n) is 14.1. The van der Waals surface area contributed by atoms with Gasteiger partial charge >= 0.3 is 0 Å². The summed E-state index contributed by atoms with van der Waals surface area (Å²) in [5, 5.41) is 4.23. The van der Waals surface area contributed by atoms with Gasteiger partial charge in [-0.15, -0.1) is 0 Å². The lowest BCUT2D eigenvalue weighted by Crippen LogP contribution is -2.00. The van der Waals surface area contributed by atoms with Crippen LogP contribution in [0, 0.1) is 0 Å². The second kappa shape index (κ2) is 5.74. The molecule has 0 spiro atoms. The van der Waals surface area contributed by atoms with Gasteiger partial charge in [-0.2, -0.15) is 10.1 Å². The molecule has 4 aromatic heterocycles. The molecule has 4 rings (SSSR count). The molecule has 5 nitrogen and oxygen atoms in total. The largest absolute Gasteiger partial charge is 0.439 e. The molecule has 0 aliphatic carbocycles. The zero-order valence-corrected chi connectivity index (χ0v) is 14.1. The quantitative estimate of drug-likeness (QED) is 0.561. The predicted molar refractivity (Wildman–Crippen MR) is 93.2 cm³/mol. The summed E-state index contributed by atoms with van der Waals surface area (Å²) >= 11 is 0. The van der Waals surface area contributed by atoms with Crippen molar-refractivity contribution >= 4 is 16.7 Å². The van der Waals surface area contributed by atoms with E-state index in [1.807, 2.05) is 35.2 Å². The second-order valence-electron chi connectivity index (χ2n) is 6.62. The molecule has 0 N–H and O–H groups in total. The van der Waals surface area contributed by atoms with Gasteiger partial charge in [-0.1, -0.05) is 20.8 Å². The number of hydrogen-bond acceptors (Lipinski definition) is 4. The van der Waals surface area contributed by atoms with Gasteiger partial charge in [-0.05, 0) is 47.2 Å². The van der Waals surface area contributed by atoms with Gasteiger partial charge in [0.15, 0.2) is 17.1 Å². The number of oxazole rings is 1. The number of aromatic nitrogens is 4. The molecule has 0 saturated carbocycles. The van der Waals surface area contributed by atoms with Crippen molar-refractivity contribution in [2.24, 2.45) is 0 Å². The van der Waals surface area contributed by atoms with Crippen molar-refractivity contribution in [1.82, 2.24) is 19.6 Å². The van der Waals surface area contributed by atoms with Crippen LogP contribution in [-0.2, 0) is 6.42 Å². The topological polar surface area (TPSA) is 56.2 Å². The molecular weight excluding hydrogens is 300 g/mol. The van der Waals surface area contributed by atoms with Gasteiger partial charge in [0.1, 0.15) is 0 Å². The molecule has 0 fully saturated rings. The van der Waals surface area contributed by atoms with Crippen molar-refractivity contribution in [3.63, 3.8) is 0 Å². The molecule has 4 aromatic rings. The summed E-state index contributed by atoms with van der Waals surface area (Å²) < 4.78 is 7.80. The van der Waals surface area contributed by atoms with E-state index in [0.29, 0.717) is 17.5 Å². The third-order valence-corrected chi connectivity index (χ3v) is 4.45. The fourth-order valence-corrected chi connectivity index (χ4v) is 2.91. The summed E-state index contributed by atoms with van der Waals surface area (Å²) in [6.45, 7) is 6.48. The normalized spacial score (nSPS) is 13.2. The molecule has 0 aliphatic rings. The van der Waals surface area contributed by atoms with Crippen molar-refractivity contribution in [2.75, 3.05) is 0 Å². The maximum absolute atomic E-state index is 5.93. The van der Waals surface area contributed by atoms with E-state index >= 15 is 0 Å². The minimum absolute atomic E-state index is 0.308. The number of hydrogen-bond donors (Lipinski definition) is 0. The number of fused-ring (bicyclic) bond motifs is 2. The first-order valence-electron chi connectivity index (χ1n) is 8.29. The highest BCUT2D eigenvalue weighted by atomic mass is 16.3. The Morgan fingerprint density at radius 2 is 2.00 bits per heavy atom. The Morgan fingerprint density at radius 1 is 1.12 bits per heavy atom. The molecule has 0 amide bonds. The summed E-state index contributed by atoms with van der Waals surface area (Å²) in [5.74, 6) is 1.47. The van der Waals surface area contributed by atoms with Crippen LogP contribution in [0.15, 0.2) is 47.3 Å². The van der Waals surface area contributed by atoms with E-state index < -0.39 is 0 Å². The average Bonchev–Trinajstić information content (AvgIpc) is 3.18. The molecule has 0 bridgehead atoms. The fourth-order valence-electron chi connectivity index (χ4n) is 2.91. The van der Waals surface area contributed by atoms with Crippen LogP contribution in [0.4, 0.5) is 0 Å². The molecule has 122 valence electrons. The van der Waals surface area contributed by atoms with E-state index in [1.54, 1.807) is 0 Å². The lowest BCUT2D eigenvalue weighted by atomic mass is 9.98. The van der Waals surface area contributed by atoms with Crippen molar-refractivity contribution in [3.05, 3.63) is 59.9 Å². The van der Waals surface area contributed by atoms with Crippen LogP contribution < -0.4 is 0 Å². The van der Waals surface area contributed by atoms with Crippen molar-refractivity contribution < 1.29 is 4.42 Å². The van der Waals surface area contributed by atoms with E-state index in [4.69, 9.17) is 4.42 Å². The molecule has 0 aliphatic heterocycles. The monoisotopic (exact) mass is 320 g/mol. The Morgan fingerprint density at radius 3 is 2.83 bits per heavy atom. The molecule has 24 heavy (non-hydrogen) atoms. The van der Waals surface area contributed by atoms with Crippen LogP contribution >= 0.6 is 0 Å². The summed E-state index contributed by atoms with van der Waals surface area (Å²) in [4.78, 5) is 8.96. The summed E-state index contributed by atoms with van der Waals surface area (Å²) in [6.07, 6.45) is 6.43. The van der Waals surface area contributed by atoms with E-state index in [1.165, 1.54) is 11.1 Å². The van der Waals surface area contributed by atoms with Crippen LogP contribution in [0.2, 0.25) is 0 Å². The molecule has 0 aromatic carbocycles. The Bertz CT molecular complexity index is 999. The Kier molecular flexibility index (Phi) is 3.56. The standard InChI is InChI=1S/C19H20N4O/c1-12(2)15-10-17-19(20-11-15)22-18(24-17)8-13(3)14-5-7-23-16(9-14)4-6-21-23/h4-7,9-13H,8H2,1-3H3. The van der Waals surface area contributed by atoms with Gasteiger partial charge in [0.05, 0.1) is 5.52 Å². The van der Waals surface area contributed by atoms with Crippen molar-refractivity contribution in [1.29, 1.82) is 0 Å². The van der Waals surface area contributed by atoms with E-state index in [9.17, 15) is 0 Å². The predicted octanol–water partition coefficient (Wildman–Crippen LogP) is 4.34. The van der Waals surface area contributed by atoms with Crippen LogP contribution in [0.5, 0.6) is 0 Å². The lowest BCUT2D eigenvalue weighted by Gasteiger charge is -2.09. The molecule has 4 heterocycles. The molecule has 1 atom stereocenters. The van der Waals surface area contributed by atoms with Gasteiger partial charge in [-0.25, -0.2) is 9.50 Å². The first-order chi connectivity index (χ1) is 11.6. The molecule has 5 heteroatoms. The second-order valence-corrected chi connectivity index (χ2v) is 6.62. The van der Waals surface area contributed by atoms with Crippen LogP contribution in [-0.4, -0.2) is 19.6 Å². The maximum Gasteiger partial charge on any atom is 0.198 e. The van der Waals surface area contributed by atoms with E-state index in [-0.39, 0.29) is 0 Å². The van der Waals surface area contributed by atoms with Crippen LogP contribution in [0.1, 0.15) is 49.6 Å². The summed E-state index contributed by atoms with van der Waals surface area (Å²) in [5.41, 5.74) is 4.98. The summed E-state index contributed by atoms with van der Waals surface area (Å²) in [7, 11) is 0. The van der Waals surface area contributed by atoms with Gasteiger partial charge in [0, 0.05) is 25.0 Å². The third-order valence-electron chi connectivity index (χ3n) is 4.45. The highest BCUT2D eigenvalue weighted by molar-refractivity contribution is 5.68. The molecule has 0 radical (unpaired) electrons. The van der Waals surface area contributed by atoms with Gasteiger partial charge in [0.25, 0.3) is 0 Å². The van der Waals surface area contributed by atoms with Crippen molar-refractivity contribution in [3.8, 4) is 0 Å². The highest BCUT2D eigenvalue weighted by Crippen LogP contribution is 2.25. The van der Waals surface area contributed by atoms with Gasteiger partial charge in [0.2, 0.25) is 0 Å². The first-order valence-corrected chi connectivity index (χ1v) is 8.29. The third kappa shape index (κ3) is 2.66. The minimum atomic E-state index is 0.308. The van der Waals surface area contributed by atoms with Crippen LogP contribution in [0.25, 0.3) is 16.7 Å². The van der Waals surface area contributed by atoms with Gasteiger partial charge < -0.3 is 4.42 Å².